The third kappa shape index (κ3) is 4.23. The van der Waals surface area contributed by atoms with Gasteiger partial charge in [0.2, 0.25) is 0 Å². The Hall–Kier alpha value is -2.60. The number of imidazole rings is 1. The Morgan fingerprint density at radius 3 is 2.79 bits per heavy atom. The molecular weight excluding hydrogens is 320 g/mol. The highest BCUT2D eigenvalue weighted by Crippen LogP contribution is 2.18. The third-order valence-electron chi connectivity index (χ3n) is 3.50. The molecule has 1 aromatic heterocycles. The smallest absolute Gasteiger partial charge is 0.250 e. The molecule has 2 N–H and O–H groups in total. The van der Waals surface area contributed by atoms with E-state index in [1.807, 2.05) is 36.4 Å². The number of aromatic nitrogens is 2. The fourth-order valence-electron chi connectivity index (χ4n) is 2.18. The van der Waals surface area contributed by atoms with Crippen molar-refractivity contribution in [2.45, 2.75) is 18.5 Å². The van der Waals surface area contributed by atoms with Gasteiger partial charge in [0.1, 0.15) is 0 Å². The van der Waals surface area contributed by atoms with Crippen molar-refractivity contribution >= 4 is 34.9 Å². The molecule has 3 aromatic rings. The number of carbonyl (C=O) groups excluding carboxylic acids is 1. The summed E-state index contributed by atoms with van der Waals surface area (Å²) in [6.07, 6.45) is 2.65. The molecule has 3 rings (SSSR count). The van der Waals surface area contributed by atoms with Crippen LogP contribution in [0.1, 0.15) is 18.1 Å². The van der Waals surface area contributed by atoms with E-state index < -0.39 is 0 Å². The molecule has 0 bridgehead atoms. The monoisotopic (exact) mass is 338 g/mol. The van der Waals surface area contributed by atoms with Gasteiger partial charge in [0, 0.05) is 0 Å². The van der Waals surface area contributed by atoms with Gasteiger partial charge in [0.15, 0.2) is 5.16 Å². The van der Waals surface area contributed by atoms with Gasteiger partial charge in [-0.3, -0.25) is 4.79 Å². The summed E-state index contributed by atoms with van der Waals surface area (Å²) < 4.78 is 0. The summed E-state index contributed by atoms with van der Waals surface area (Å²) in [5.41, 5.74) is 6.63. The van der Waals surface area contributed by atoms with Crippen LogP contribution in [0, 0.1) is 0 Å². The summed E-state index contributed by atoms with van der Waals surface area (Å²) in [6, 6.07) is 15.9. The van der Waals surface area contributed by atoms with Gasteiger partial charge in [-0.05, 0) is 29.7 Å². The van der Waals surface area contributed by atoms with E-state index in [0.29, 0.717) is 0 Å². The fraction of sp³-hybridized carbons (Fsp3) is 0.167. The maximum absolute atomic E-state index is 11.8. The Balaban J connectivity index is 1.49. The number of fused-ring (bicyclic) bond motifs is 1. The lowest BCUT2D eigenvalue weighted by Crippen LogP contribution is -2.19. The van der Waals surface area contributed by atoms with Crippen LogP contribution in [-0.4, -0.2) is 27.8 Å². The number of aromatic amines is 1. The lowest BCUT2D eigenvalue weighted by Gasteiger charge is -1.99. The van der Waals surface area contributed by atoms with Crippen LogP contribution < -0.4 is 5.43 Å². The van der Waals surface area contributed by atoms with Gasteiger partial charge in [-0.2, -0.15) is 5.10 Å². The zero-order valence-electron chi connectivity index (χ0n) is 13.3. The molecule has 0 saturated carbocycles. The molecule has 24 heavy (non-hydrogen) atoms. The van der Waals surface area contributed by atoms with E-state index in [9.17, 15) is 4.79 Å². The second kappa shape index (κ2) is 7.79. The Kier molecular flexibility index (Phi) is 5.28. The number of benzene rings is 2. The van der Waals surface area contributed by atoms with E-state index >= 15 is 0 Å². The molecule has 122 valence electrons. The molecule has 0 aliphatic rings. The van der Waals surface area contributed by atoms with Crippen LogP contribution >= 0.6 is 11.8 Å². The van der Waals surface area contributed by atoms with Crippen molar-refractivity contribution in [1.82, 2.24) is 15.4 Å². The molecule has 6 heteroatoms. The van der Waals surface area contributed by atoms with Crippen LogP contribution in [0.4, 0.5) is 0 Å². The molecule has 0 atom stereocenters. The summed E-state index contributed by atoms with van der Waals surface area (Å²) in [5, 5.41) is 4.71. The number of para-hydroxylation sites is 2. The Morgan fingerprint density at radius 2 is 2.04 bits per heavy atom. The van der Waals surface area contributed by atoms with Gasteiger partial charge in [0.25, 0.3) is 5.91 Å². The molecule has 0 saturated heterocycles. The molecular formula is C18H18N4OS. The lowest BCUT2D eigenvalue weighted by atomic mass is 10.1. The first-order valence-corrected chi connectivity index (χ1v) is 8.71. The quantitative estimate of drug-likeness (QED) is 0.411. The van der Waals surface area contributed by atoms with Gasteiger partial charge in [-0.1, -0.05) is 55.1 Å². The average Bonchev–Trinajstić information content (AvgIpc) is 3.03. The minimum atomic E-state index is -0.165. The van der Waals surface area contributed by atoms with Crippen molar-refractivity contribution in [3.8, 4) is 0 Å². The van der Waals surface area contributed by atoms with E-state index in [-0.39, 0.29) is 11.7 Å². The number of amides is 1. The Morgan fingerprint density at radius 1 is 1.25 bits per heavy atom. The van der Waals surface area contributed by atoms with Gasteiger partial charge in [-0.25, -0.2) is 10.4 Å². The number of nitrogens with one attached hydrogen (secondary N) is 2. The highest BCUT2D eigenvalue weighted by molar-refractivity contribution is 7.99. The standard InChI is InChI=1S/C18H18N4OS/c1-2-13-7-9-14(10-8-13)11-19-22-17(23)12-24-18-20-15-5-3-4-6-16(15)21-18/h3-11H,2,12H2,1H3,(H,20,21)(H,22,23)/b19-11+. The van der Waals surface area contributed by atoms with Gasteiger partial charge in [0.05, 0.1) is 23.0 Å². The predicted molar refractivity (Wildman–Crippen MR) is 98.4 cm³/mol. The number of H-pyrrole nitrogens is 1. The average molecular weight is 338 g/mol. The first-order chi connectivity index (χ1) is 11.7. The largest absolute Gasteiger partial charge is 0.333 e. The highest BCUT2D eigenvalue weighted by atomic mass is 32.2. The van der Waals surface area contributed by atoms with Crippen molar-refractivity contribution in [1.29, 1.82) is 0 Å². The highest BCUT2D eigenvalue weighted by Gasteiger charge is 2.06. The maximum Gasteiger partial charge on any atom is 0.250 e. The number of thioether (sulfide) groups is 1. The predicted octanol–water partition coefficient (Wildman–Crippen LogP) is 3.37. The van der Waals surface area contributed by atoms with Gasteiger partial charge >= 0.3 is 0 Å². The van der Waals surface area contributed by atoms with Crippen molar-refractivity contribution < 1.29 is 4.79 Å². The molecule has 5 nitrogen and oxygen atoms in total. The molecule has 1 amide bonds. The number of hydrogen-bond acceptors (Lipinski definition) is 4. The summed E-state index contributed by atoms with van der Waals surface area (Å²) in [5.74, 6) is 0.0910. The number of hydrazone groups is 1. The normalized spacial score (nSPS) is 11.2. The van der Waals surface area contributed by atoms with Crippen LogP contribution in [0.15, 0.2) is 58.8 Å². The minimum absolute atomic E-state index is 0.165. The number of aryl methyl sites for hydroxylation is 1. The molecule has 1 heterocycles. The molecule has 0 spiro atoms. The minimum Gasteiger partial charge on any atom is -0.333 e. The first-order valence-electron chi connectivity index (χ1n) is 7.73. The summed E-state index contributed by atoms with van der Waals surface area (Å²) >= 11 is 1.35. The second-order valence-corrected chi connectivity index (χ2v) is 6.20. The second-order valence-electron chi connectivity index (χ2n) is 5.24. The van der Waals surface area contributed by atoms with Crippen molar-refractivity contribution in [3.63, 3.8) is 0 Å². The van der Waals surface area contributed by atoms with E-state index in [2.05, 4.69) is 39.6 Å². The van der Waals surface area contributed by atoms with Gasteiger partial charge in [-0.15, -0.1) is 0 Å². The summed E-state index contributed by atoms with van der Waals surface area (Å²) in [6.45, 7) is 2.11. The van der Waals surface area contributed by atoms with E-state index in [4.69, 9.17) is 0 Å². The molecule has 0 aliphatic heterocycles. The van der Waals surface area contributed by atoms with Crippen LogP contribution in [0.2, 0.25) is 0 Å². The number of hydrogen-bond donors (Lipinski definition) is 2. The molecule has 0 radical (unpaired) electrons. The maximum atomic E-state index is 11.8. The van der Waals surface area contributed by atoms with Crippen LogP contribution in [0.3, 0.4) is 0 Å². The number of carbonyl (C=O) groups is 1. The topological polar surface area (TPSA) is 70.1 Å². The number of rotatable bonds is 6. The number of nitrogens with zero attached hydrogens (tertiary/aromatic N) is 2. The fourth-order valence-corrected chi connectivity index (χ4v) is 2.86. The zero-order chi connectivity index (χ0) is 16.8. The molecule has 0 fully saturated rings. The summed E-state index contributed by atoms with van der Waals surface area (Å²) in [4.78, 5) is 19.4. The molecule has 0 aliphatic carbocycles. The molecule has 2 aromatic carbocycles. The van der Waals surface area contributed by atoms with E-state index in [1.54, 1.807) is 6.21 Å². The van der Waals surface area contributed by atoms with Crippen LogP contribution in [-0.2, 0) is 11.2 Å². The SMILES string of the molecule is CCc1ccc(/C=N/NC(=O)CSc2nc3ccccc3[nH]2)cc1. The Bertz CT molecular complexity index is 822. The summed E-state index contributed by atoms with van der Waals surface area (Å²) in [7, 11) is 0. The van der Waals surface area contributed by atoms with E-state index in [1.165, 1.54) is 17.3 Å². The van der Waals surface area contributed by atoms with Crippen LogP contribution in [0.25, 0.3) is 11.0 Å². The van der Waals surface area contributed by atoms with Crippen molar-refractivity contribution in [2.75, 3.05) is 5.75 Å². The van der Waals surface area contributed by atoms with Crippen LogP contribution in [0.5, 0.6) is 0 Å². The first kappa shape index (κ1) is 16.3. The van der Waals surface area contributed by atoms with E-state index in [0.717, 1.165) is 28.2 Å². The van der Waals surface area contributed by atoms with Crippen molar-refractivity contribution in [3.05, 3.63) is 59.7 Å². The van der Waals surface area contributed by atoms with Crippen molar-refractivity contribution in [2.24, 2.45) is 5.10 Å². The third-order valence-corrected chi connectivity index (χ3v) is 4.37. The Labute approximate surface area is 144 Å². The lowest BCUT2D eigenvalue weighted by molar-refractivity contribution is -0.118. The zero-order valence-corrected chi connectivity index (χ0v) is 14.1. The molecule has 0 unspecified atom stereocenters. The van der Waals surface area contributed by atoms with Gasteiger partial charge < -0.3 is 4.98 Å².